The molecule has 0 spiro atoms. The van der Waals surface area contributed by atoms with E-state index in [1.165, 1.54) is 6.07 Å². The van der Waals surface area contributed by atoms with Gasteiger partial charge in [-0.25, -0.2) is 8.78 Å². The van der Waals surface area contributed by atoms with Crippen molar-refractivity contribution in [2.24, 2.45) is 0 Å². The highest BCUT2D eigenvalue weighted by Crippen LogP contribution is 2.19. The number of alkyl halides is 2. The van der Waals surface area contributed by atoms with Gasteiger partial charge in [0, 0.05) is 0 Å². The van der Waals surface area contributed by atoms with Crippen molar-refractivity contribution in [3.63, 3.8) is 0 Å². The van der Waals surface area contributed by atoms with Gasteiger partial charge in [0.1, 0.15) is 17.3 Å². The zero-order valence-corrected chi connectivity index (χ0v) is 7.03. The lowest BCUT2D eigenvalue weighted by molar-refractivity contribution is -0.386. The Bertz CT molecular complexity index is 503. The molecule has 0 bridgehead atoms. The van der Waals surface area contributed by atoms with Crippen LogP contribution in [-0.2, 0) is 0 Å². The van der Waals surface area contributed by atoms with Crippen molar-refractivity contribution in [3.8, 4) is 6.07 Å². The number of H-pyrrole nitrogens is 1. The van der Waals surface area contributed by atoms with Gasteiger partial charge in [0.15, 0.2) is 0 Å². The molecule has 0 aliphatic heterocycles. The van der Waals surface area contributed by atoms with Gasteiger partial charge in [-0.05, 0) is 0 Å². The van der Waals surface area contributed by atoms with E-state index < -0.39 is 33.7 Å². The van der Waals surface area contributed by atoms with E-state index in [1.807, 2.05) is 4.98 Å². The third-order valence-electron chi connectivity index (χ3n) is 1.62. The molecule has 0 saturated heterocycles. The number of nitrogens with zero attached hydrogens (tertiary/aromatic N) is 2. The van der Waals surface area contributed by atoms with E-state index in [9.17, 15) is 23.7 Å². The number of nitro groups is 1. The number of aromatic nitrogens is 1. The van der Waals surface area contributed by atoms with Crippen molar-refractivity contribution in [2.45, 2.75) is 6.43 Å². The van der Waals surface area contributed by atoms with Crippen LogP contribution >= 0.6 is 0 Å². The maximum atomic E-state index is 12.2. The maximum Gasteiger partial charge on any atom is 0.333 e. The molecule has 1 heterocycles. The molecule has 1 rings (SSSR count). The molecule has 0 saturated carbocycles. The molecule has 0 aliphatic carbocycles. The van der Waals surface area contributed by atoms with Gasteiger partial charge in [0.25, 0.3) is 11.9 Å². The van der Waals surface area contributed by atoms with Crippen molar-refractivity contribution in [1.29, 1.82) is 5.26 Å². The number of nitriles is 1. The minimum atomic E-state index is -3.06. The van der Waals surface area contributed by atoms with E-state index >= 15 is 0 Å². The van der Waals surface area contributed by atoms with Crippen molar-refractivity contribution in [2.75, 3.05) is 0 Å². The summed E-state index contributed by atoms with van der Waals surface area (Å²) >= 11 is 0. The molecule has 1 aromatic heterocycles. The summed E-state index contributed by atoms with van der Waals surface area (Å²) in [7, 11) is 0. The maximum absolute atomic E-state index is 12.2. The molecule has 1 N–H and O–H groups in total. The Morgan fingerprint density at radius 1 is 1.60 bits per heavy atom. The summed E-state index contributed by atoms with van der Waals surface area (Å²) < 4.78 is 24.5. The quantitative estimate of drug-likeness (QED) is 0.589. The Morgan fingerprint density at radius 2 is 2.20 bits per heavy atom. The smallest absolute Gasteiger partial charge is 0.333 e. The first-order valence-corrected chi connectivity index (χ1v) is 3.57. The van der Waals surface area contributed by atoms with Crippen LogP contribution in [0.3, 0.4) is 0 Å². The molecule has 1 aromatic rings. The molecule has 8 heteroatoms. The van der Waals surface area contributed by atoms with E-state index in [0.717, 1.165) is 0 Å². The minimum Gasteiger partial charge on any atom is -0.353 e. The third kappa shape index (κ3) is 1.80. The molecule has 0 fully saturated rings. The van der Waals surface area contributed by atoms with Crippen LogP contribution in [0.15, 0.2) is 11.0 Å². The molecular weight excluding hydrogens is 212 g/mol. The van der Waals surface area contributed by atoms with Gasteiger partial charge in [-0.15, -0.1) is 0 Å². The highest BCUT2D eigenvalue weighted by Gasteiger charge is 2.23. The molecule has 6 nitrogen and oxygen atoms in total. The number of rotatable bonds is 2. The largest absolute Gasteiger partial charge is 0.353 e. The number of nitrogens with one attached hydrogen (secondary N) is 1. The number of hydrogen-bond acceptors (Lipinski definition) is 4. The van der Waals surface area contributed by atoms with Gasteiger partial charge < -0.3 is 4.98 Å². The minimum absolute atomic E-state index is 0.546. The number of hydrogen-bond donors (Lipinski definition) is 1. The van der Waals surface area contributed by atoms with E-state index in [2.05, 4.69) is 0 Å². The average molecular weight is 215 g/mol. The van der Waals surface area contributed by atoms with Gasteiger partial charge in [0.05, 0.1) is 11.1 Å². The van der Waals surface area contributed by atoms with Gasteiger partial charge in [-0.2, -0.15) is 5.26 Å². The molecule has 0 unspecified atom stereocenters. The fourth-order valence-corrected chi connectivity index (χ4v) is 0.953. The summed E-state index contributed by atoms with van der Waals surface area (Å²) in [5.74, 6) is 0. The Morgan fingerprint density at radius 3 is 2.60 bits per heavy atom. The molecule has 78 valence electrons. The monoisotopic (exact) mass is 215 g/mol. The topological polar surface area (TPSA) is 99.8 Å². The van der Waals surface area contributed by atoms with Gasteiger partial charge in [-0.1, -0.05) is 0 Å². The molecule has 0 atom stereocenters. The van der Waals surface area contributed by atoms with Crippen LogP contribution in [0.5, 0.6) is 0 Å². The van der Waals surface area contributed by atoms with Gasteiger partial charge in [0.2, 0.25) is 0 Å². The Hall–Kier alpha value is -2.30. The molecular formula is C7H3F2N3O3. The molecule has 0 amide bonds. The predicted octanol–water partition coefficient (Wildman–Crippen LogP) is 1.09. The lowest BCUT2D eigenvalue weighted by Crippen LogP contribution is -2.15. The molecule has 0 aromatic carbocycles. The van der Waals surface area contributed by atoms with E-state index in [-0.39, 0.29) is 0 Å². The highest BCUT2D eigenvalue weighted by molar-refractivity contribution is 5.42. The standard InChI is InChI=1S/C7H3F2N3O3/c8-7(9)5-3(1-10)6(13)4(2-11-5)12(14)15/h2,7H,(H,11,13). The first-order chi connectivity index (χ1) is 6.99. The van der Waals surface area contributed by atoms with Gasteiger partial charge in [-0.3, -0.25) is 14.9 Å². The number of halogens is 2. The SMILES string of the molecule is N#Cc1c(C(F)F)[nH]cc([N+](=O)[O-])c1=O. The van der Waals surface area contributed by atoms with Crippen molar-refractivity contribution >= 4 is 5.69 Å². The zero-order chi connectivity index (χ0) is 11.6. The van der Waals surface area contributed by atoms with Crippen LogP contribution < -0.4 is 5.43 Å². The molecule has 0 radical (unpaired) electrons. The van der Waals surface area contributed by atoms with Crippen LogP contribution in [0.1, 0.15) is 17.7 Å². The van der Waals surface area contributed by atoms with Gasteiger partial charge >= 0.3 is 5.69 Å². The summed E-state index contributed by atoms with van der Waals surface area (Å²) in [5, 5.41) is 18.7. The lowest BCUT2D eigenvalue weighted by atomic mass is 10.2. The van der Waals surface area contributed by atoms with Crippen molar-refractivity contribution in [3.05, 3.63) is 37.8 Å². The van der Waals surface area contributed by atoms with Crippen LogP contribution in [0.4, 0.5) is 14.5 Å². The fraction of sp³-hybridized carbons (Fsp3) is 0.143. The summed E-state index contributed by atoms with van der Waals surface area (Å²) in [4.78, 5) is 22.2. The first kappa shape index (κ1) is 10.8. The second-order valence-corrected chi connectivity index (χ2v) is 2.46. The highest BCUT2D eigenvalue weighted by atomic mass is 19.3. The summed E-state index contributed by atoms with van der Waals surface area (Å²) in [6.07, 6.45) is -2.52. The number of pyridine rings is 1. The van der Waals surface area contributed by atoms with E-state index in [0.29, 0.717) is 6.20 Å². The lowest BCUT2D eigenvalue weighted by Gasteiger charge is -2.00. The van der Waals surface area contributed by atoms with Crippen molar-refractivity contribution in [1.82, 2.24) is 4.98 Å². The van der Waals surface area contributed by atoms with Crippen LogP contribution in [0, 0.1) is 21.4 Å². The average Bonchev–Trinajstić information content (AvgIpc) is 2.16. The zero-order valence-electron chi connectivity index (χ0n) is 7.03. The Balaban J connectivity index is 3.56. The molecule has 0 aliphatic rings. The van der Waals surface area contributed by atoms with E-state index in [4.69, 9.17) is 5.26 Å². The molecule has 15 heavy (non-hydrogen) atoms. The third-order valence-corrected chi connectivity index (χ3v) is 1.62. The van der Waals surface area contributed by atoms with Crippen LogP contribution in [-0.4, -0.2) is 9.91 Å². The van der Waals surface area contributed by atoms with Crippen LogP contribution in [0.2, 0.25) is 0 Å². The predicted molar refractivity (Wildman–Crippen MR) is 43.4 cm³/mol. The summed E-state index contributed by atoms with van der Waals surface area (Å²) in [6, 6.07) is 1.21. The Kier molecular flexibility index (Phi) is 2.75. The van der Waals surface area contributed by atoms with Crippen molar-refractivity contribution < 1.29 is 13.7 Å². The normalized spacial score (nSPS) is 10.0. The fourth-order valence-electron chi connectivity index (χ4n) is 0.953. The summed E-state index contributed by atoms with van der Waals surface area (Å²) in [5.41, 5.74) is -4.08. The Labute approximate surface area is 80.9 Å². The second-order valence-electron chi connectivity index (χ2n) is 2.46. The van der Waals surface area contributed by atoms with E-state index in [1.54, 1.807) is 0 Å². The number of aromatic amines is 1. The van der Waals surface area contributed by atoms with Crippen LogP contribution in [0.25, 0.3) is 0 Å². The second kappa shape index (κ2) is 3.83. The summed E-state index contributed by atoms with van der Waals surface area (Å²) in [6.45, 7) is 0. The first-order valence-electron chi connectivity index (χ1n) is 3.57.